The molecule has 0 saturated heterocycles. The van der Waals surface area contributed by atoms with Crippen molar-refractivity contribution in [1.29, 1.82) is 0 Å². The summed E-state index contributed by atoms with van der Waals surface area (Å²) in [4.78, 5) is 13.8. The largest absolute Gasteiger partial charge is 0.508 e. The predicted molar refractivity (Wildman–Crippen MR) is 76.0 cm³/mol. The Morgan fingerprint density at radius 2 is 2.00 bits per heavy atom. The number of phenolic OH excluding ortho intramolecular Hbond substituents is 1. The van der Waals surface area contributed by atoms with Gasteiger partial charge in [-0.25, -0.2) is 0 Å². The smallest absolute Gasteiger partial charge is 0.237 e. The van der Waals surface area contributed by atoms with Crippen LogP contribution in [0.2, 0.25) is 0 Å². The molecule has 0 unspecified atom stereocenters. The fourth-order valence-electron chi connectivity index (χ4n) is 1.72. The highest BCUT2D eigenvalue weighted by atomic mass is 16.3. The fourth-order valence-corrected chi connectivity index (χ4v) is 1.72. The first-order valence-electron chi connectivity index (χ1n) is 6.45. The third-order valence-corrected chi connectivity index (χ3v) is 2.81. The summed E-state index contributed by atoms with van der Waals surface area (Å²) in [7, 11) is 4.00. The Bertz CT molecular complexity index is 390. The van der Waals surface area contributed by atoms with E-state index in [4.69, 9.17) is 5.73 Å². The maximum Gasteiger partial charge on any atom is 0.237 e. The molecule has 5 nitrogen and oxygen atoms in total. The van der Waals surface area contributed by atoms with Crippen LogP contribution in [0.4, 0.5) is 0 Å². The first-order chi connectivity index (χ1) is 8.99. The van der Waals surface area contributed by atoms with E-state index in [2.05, 4.69) is 10.2 Å². The van der Waals surface area contributed by atoms with Gasteiger partial charge < -0.3 is 21.1 Å². The second kappa shape index (κ2) is 7.76. The number of phenols is 1. The number of hydrogen-bond donors (Lipinski definition) is 3. The van der Waals surface area contributed by atoms with E-state index < -0.39 is 6.04 Å². The summed E-state index contributed by atoms with van der Waals surface area (Å²) < 4.78 is 0. The van der Waals surface area contributed by atoms with E-state index in [1.165, 1.54) is 0 Å². The number of rotatable bonds is 7. The summed E-state index contributed by atoms with van der Waals surface area (Å²) in [6.07, 6.45) is 1.38. The lowest BCUT2D eigenvalue weighted by Crippen LogP contribution is -2.42. The van der Waals surface area contributed by atoms with Crippen molar-refractivity contribution in [1.82, 2.24) is 10.2 Å². The lowest BCUT2D eigenvalue weighted by atomic mass is 10.1. The molecular formula is C14H23N3O2. The number of carbonyl (C=O) groups is 1. The number of nitrogens with two attached hydrogens (primary N) is 1. The molecule has 1 aromatic carbocycles. The minimum Gasteiger partial charge on any atom is -0.508 e. The number of hydrogen-bond acceptors (Lipinski definition) is 4. The SMILES string of the molecule is CN(C)CCCNC(=O)[C@H](N)Cc1ccc(O)cc1. The minimum absolute atomic E-state index is 0.133. The average molecular weight is 265 g/mol. The zero-order valence-electron chi connectivity index (χ0n) is 11.6. The van der Waals surface area contributed by atoms with Crippen LogP contribution in [0.3, 0.4) is 0 Å². The summed E-state index contributed by atoms with van der Waals surface area (Å²) in [5.74, 6) is 0.0808. The molecule has 4 N–H and O–H groups in total. The molecule has 0 spiro atoms. The topological polar surface area (TPSA) is 78.6 Å². The van der Waals surface area contributed by atoms with Gasteiger partial charge in [0.2, 0.25) is 5.91 Å². The highest BCUT2D eigenvalue weighted by Crippen LogP contribution is 2.10. The molecule has 1 amide bonds. The molecule has 5 heteroatoms. The van der Waals surface area contributed by atoms with Crippen molar-refractivity contribution < 1.29 is 9.90 Å². The molecule has 19 heavy (non-hydrogen) atoms. The molecular weight excluding hydrogens is 242 g/mol. The molecule has 0 aliphatic carbocycles. The molecule has 1 aromatic rings. The highest BCUT2D eigenvalue weighted by molar-refractivity contribution is 5.81. The normalized spacial score (nSPS) is 12.4. The van der Waals surface area contributed by atoms with Crippen LogP contribution >= 0.6 is 0 Å². The van der Waals surface area contributed by atoms with Gasteiger partial charge in [0.05, 0.1) is 6.04 Å². The Kier molecular flexibility index (Phi) is 6.32. The summed E-state index contributed by atoms with van der Waals surface area (Å²) in [5, 5.41) is 12.0. The van der Waals surface area contributed by atoms with Crippen LogP contribution in [0, 0.1) is 0 Å². The van der Waals surface area contributed by atoms with Gasteiger partial charge in [0.15, 0.2) is 0 Å². The summed E-state index contributed by atoms with van der Waals surface area (Å²) in [6.45, 7) is 1.58. The van der Waals surface area contributed by atoms with Crippen molar-refractivity contribution in [3.63, 3.8) is 0 Å². The zero-order chi connectivity index (χ0) is 14.3. The molecule has 1 atom stereocenters. The van der Waals surface area contributed by atoms with Crippen molar-refractivity contribution in [2.75, 3.05) is 27.2 Å². The summed E-state index contributed by atoms with van der Waals surface area (Å²) in [6, 6.07) is 6.18. The number of benzene rings is 1. The lowest BCUT2D eigenvalue weighted by Gasteiger charge is -2.13. The molecule has 106 valence electrons. The van der Waals surface area contributed by atoms with E-state index in [0.717, 1.165) is 18.5 Å². The Morgan fingerprint density at radius 3 is 2.58 bits per heavy atom. The van der Waals surface area contributed by atoms with E-state index in [0.29, 0.717) is 13.0 Å². The number of amides is 1. The maximum absolute atomic E-state index is 11.8. The molecule has 0 aliphatic heterocycles. The van der Waals surface area contributed by atoms with E-state index in [1.807, 2.05) is 14.1 Å². The number of nitrogens with zero attached hydrogens (tertiary/aromatic N) is 1. The van der Waals surface area contributed by atoms with Crippen molar-refractivity contribution in [3.05, 3.63) is 29.8 Å². The Balaban J connectivity index is 2.30. The molecule has 0 heterocycles. The second-order valence-corrected chi connectivity index (χ2v) is 4.92. The van der Waals surface area contributed by atoms with Crippen LogP contribution in [-0.2, 0) is 11.2 Å². The minimum atomic E-state index is -0.552. The lowest BCUT2D eigenvalue weighted by molar-refractivity contribution is -0.122. The van der Waals surface area contributed by atoms with Crippen molar-refractivity contribution in [3.8, 4) is 5.75 Å². The number of nitrogens with one attached hydrogen (secondary N) is 1. The van der Waals surface area contributed by atoms with E-state index in [9.17, 15) is 9.90 Å². The molecule has 1 rings (SSSR count). The maximum atomic E-state index is 11.8. The van der Waals surface area contributed by atoms with Crippen LogP contribution in [0.25, 0.3) is 0 Å². The van der Waals surface area contributed by atoms with Crippen LogP contribution in [-0.4, -0.2) is 49.1 Å². The van der Waals surface area contributed by atoms with Crippen LogP contribution in [0.15, 0.2) is 24.3 Å². The van der Waals surface area contributed by atoms with Gasteiger partial charge in [0.1, 0.15) is 5.75 Å². The highest BCUT2D eigenvalue weighted by Gasteiger charge is 2.13. The summed E-state index contributed by atoms with van der Waals surface area (Å²) >= 11 is 0. The average Bonchev–Trinajstić information content (AvgIpc) is 2.36. The van der Waals surface area contributed by atoms with E-state index in [-0.39, 0.29) is 11.7 Å². The van der Waals surface area contributed by atoms with Crippen LogP contribution < -0.4 is 11.1 Å². The van der Waals surface area contributed by atoms with Crippen molar-refractivity contribution in [2.24, 2.45) is 5.73 Å². The van der Waals surface area contributed by atoms with Crippen molar-refractivity contribution in [2.45, 2.75) is 18.9 Å². The van der Waals surface area contributed by atoms with Gasteiger partial charge in [0, 0.05) is 6.54 Å². The quantitative estimate of drug-likeness (QED) is 0.621. The van der Waals surface area contributed by atoms with Gasteiger partial charge in [-0.3, -0.25) is 4.79 Å². The van der Waals surface area contributed by atoms with Crippen molar-refractivity contribution >= 4 is 5.91 Å². The number of carbonyl (C=O) groups excluding carboxylic acids is 1. The predicted octanol–water partition coefficient (Wildman–Crippen LogP) is 0.330. The first kappa shape index (κ1) is 15.5. The molecule has 0 aromatic heterocycles. The Hall–Kier alpha value is -1.59. The molecule has 0 aliphatic rings. The van der Waals surface area contributed by atoms with Crippen LogP contribution in [0.5, 0.6) is 5.75 Å². The first-order valence-corrected chi connectivity index (χ1v) is 6.45. The second-order valence-electron chi connectivity index (χ2n) is 4.92. The molecule has 0 bridgehead atoms. The van der Waals surface area contributed by atoms with Gasteiger partial charge in [0.25, 0.3) is 0 Å². The van der Waals surface area contributed by atoms with Gasteiger partial charge in [-0.15, -0.1) is 0 Å². The molecule has 0 radical (unpaired) electrons. The van der Waals surface area contributed by atoms with Gasteiger partial charge in [-0.1, -0.05) is 12.1 Å². The Morgan fingerprint density at radius 1 is 1.37 bits per heavy atom. The third-order valence-electron chi connectivity index (χ3n) is 2.81. The van der Waals surface area contributed by atoms with Crippen LogP contribution in [0.1, 0.15) is 12.0 Å². The number of aromatic hydroxyl groups is 1. The third kappa shape index (κ3) is 6.22. The van der Waals surface area contributed by atoms with E-state index >= 15 is 0 Å². The molecule has 0 fully saturated rings. The zero-order valence-corrected chi connectivity index (χ0v) is 11.6. The van der Waals surface area contributed by atoms with Gasteiger partial charge >= 0.3 is 0 Å². The van der Waals surface area contributed by atoms with Gasteiger partial charge in [-0.2, -0.15) is 0 Å². The molecule has 0 saturated carbocycles. The fraction of sp³-hybridized carbons (Fsp3) is 0.500. The monoisotopic (exact) mass is 265 g/mol. The standard InChI is InChI=1S/C14H23N3O2/c1-17(2)9-3-8-16-14(19)13(15)10-11-4-6-12(18)7-5-11/h4-7,13,18H,3,8-10,15H2,1-2H3,(H,16,19)/t13-/m1/s1. The van der Waals surface area contributed by atoms with Gasteiger partial charge in [-0.05, 0) is 51.2 Å². The summed E-state index contributed by atoms with van der Waals surface area (Å²) in [5.41, 5.74) is 6.78. The Labute approximate surface area is 114 Å². The van der Waals surface area contributed by atoms with E-state index in [1.54, 1.807) is 24.3 Å².